The molecule has 1 aromatic carbocycles. The summed E-state index contributed by atoms with van der Waals surface area (Å²) in [5, 5.41) is 0. The number of nitrogens with zero attached hydrogens (tertiary/aromatic N) is 1. The molecular formula is C14H21NO. The van der Waals surface area contributed by atoms with Gasteiger partial charge in [-0.2, -0.15) is 0 Å². The van der Waals surface area contributed by atoms with Crippen molar-refractivity contribution in [3.8, 4) is 0 Å². The van der Waals surface area contributed by atoms with E-state index in [1.54, 1.807) is 0 Å². The van der Waals surface area contributed by atoms with Gasteiger partial charge in [-0.1, -0.05) is 32.0 Å². The van der Waals surface area contributed by atoms with Crippen molar-refractivity contribution in [2.75, 3.05) is 31.2 Å². The molecule has 1 fully saturated rings. The number of anilines is 1. The Morgan fingerprint density at radius 1 is 1.19 bits per heavy atom. The number of para-hydroxylation sites is 1. The number of rotatable bonds is 3. The third-order valence-corrected chi connectivity index (χ3v) is 2.97. The summed E-state index contributed by atoms with van der Waals surface area (Å²) in [6.07, 6.45) is 1.16. The third-order valence-electron chi connectivity index (χ3n) is 2.97. The monoisotopic (exact) mass is 219 g/mol. The molecule has 16 heavy (non-hydrogen) atoms. The molecule has 0 unspecified atom stereocenters. The molecule has 0 radical (unpaired) electrons. The van der Waals surface area contributed by atoms with Crippen LogP contribution >= 0.6 is 0 Å². The highest BCUT2D eigenvalue weighted by atomic mass is 16.5. The molecule has 1 aromatic rings. The van der Waals surface area contributed by atoms with Crippen LogP contribution in [0.1, 0.15) is 19.4 Å². The molecule has 0 amide bonds. The predicted molar refractivity (Wildman–Crippen MR) is 68.0 cm³/mol. The Bertz CT molecular complexity index is 329. The Morgan fingerprint density at radius 2 is 1.88 bits per heavy atom. The maximum atomic E-state index is 5.40. The SMILES string of the molecule is CC(C)Cc1ccccc1N1CCOCC1. The molecule has 0 bridgehead atoms. The second-order valence-corrected chi connectivity index (χ2v) is 4.83. The van der Waals surface area contributed by atoms with Crippen molar-refractivity contribution >= 4 is 5.69 Å². The summed E-state index contributed by atoms with van der Waals surface area (Å²) >= 11 is 0. The van der Waals surface area contributed by atoms with Gasteiger partial charge in [0.25, 0.3) is 0 Å². The van der Waals surface area contributed by atoms with Crippen molar-refractivity contribution in [2.45, 2.75) is 20.3 Å². The highest BCUT2D eigenvalue weighted by Crippen LogP contribution is 2.23. The molecule has 0 aliphatic carbocycles. The van der Waals surface area contributed by atoms with Gasteiger partial charge >= 0.3 is 0 Å². The Balaban J connectivity index is 2.17. The van der Waals surface area contributed by atoms with Gasteiger partial charge in [0.15, 0.2) is 0 Å². The lowest BCUT2D eigenvalue weighted by Crippen LogP contribution is -2.36. The topological polar surface area (TPSA) is 12.5 Å². The van der Waals surface area contributed by atoms with Crippen molar-refractivity contribution in [1.29, 1.82) is 0 Å². The van der Waals surface area contributed by atoms with E-state index in [2.05, 4.69) is 43.0 Å². The summed E-state index contributed by atoms with van der Waals surface area (Å²) < 4.78 is 5.40. The van der Waals surface area contributed by atoms with Crippen LogP contribution in [0.2, 0.25) is 0 Å². The van der Waals surface area contributed by atoms with Crippen LogP contribution in [0.5, 0.6) is 0 Å². The summed E-state index contributed by atoms with van der Waals surface area (Å²) in [6, 6.07) is 8.77. The van der Waals surface area contributed by atoms with E-state index in [0.717, 1.165) is 32.7 Å². The minimum absolute atomic E-state index is 0.710. The van der Waals surface area contributed by atoms with E-state index >= 15 is 0 Å². The van der Waals surface area contributed by atoms with E-state index in [1.807, 2.05) is 0 Å². The lowest BCUT2D eigenvalue weighted by molar-refractivity contribution is 0.122. The van der Waals surface area contributed by atoms with Crippen LogP contribution in [-0.4, -0.2) is 26.3 Å². The molecule has 2 rings (SSSR count). The Labute approximate surface area is 98.2 Å². The summed E-state index contributed by atoms with van der Waals surface area (Å²) in [6.45, 7) is 8.31. The zero-order valence-electron chi connectivity index (χ0n) is 10.3. The quantitative estimate of drug-likeness (QED) is 0.775. The van der Waals surface area contributed by atoms with E-state index in [-0.39, 0.29) is 0 Å². The average molecular weight is 219 g/mol. The Hall–Kier alpha value is -1.02. The Morgan fingerprint density at radius 3 is 2.56 bits per heavy atom. The van der Waals surface area contributed by atoms with Crippen LogP contribution in [0, 0.1) is 5.92 Å². The van der Waals surface area contributed by atoms with E-state index in [9.17, 15) is 0 Å². The second kappa shape index (κ2) is 5.35. The maximum Gasteiger partial charge on any atom is 0.0642 e. The maximum absolute atomic E-state index is 5.40. The highest BCUT2D eigenvalue weighted by Gasteiger charge is 2.14. The molecule has 1 saturated heterocycles. The summed E-state index contributed by atoms with van der Waals surface area (Å²) in [5.74, 6) is 0.710. The minimum Gasteiger partial charge on any atom is -0.378 e. The van der Waals surface area contributed by atoms with Gasteiger partial charge in [0.2, 0.25) is 0 Å². The first-order valence-corrected chi connectivity index (χ1v) is 6.18. The molecule has 0 N–H and O–H groups in total. The summed E-state index contributed by atoms with van der Waals surface area (Å²) in [5.41, 5.74) is 2.87. The van der Waals surface area contributed by atoms with Crippen LogP contribution in [0.15, 0.2) is 24.3 Å². The van der Waals surface area contributed by atoms with Crippen molar-refractivity contribution < 1.29 is 4.74 Å². The first-order chi connectivity index (χ1) is 7.77. The van der Waals surface area contributed by atoms with E-state index in [1.165, 1.54) is 11.3 Å². The fraction of sp³-hybridized carbons (Fsp3) is 0.571. The predicted octanol–water partition coefficient (Wildman–Crippen LogP) is 2.72. The largest absolute Gasteiger partial charge is 0.378 e. The smallest absolute Gasteiger partial charge is 0.0642 e. The van der Waals surface area contributed by atoms with Crippen LogP contribution in [0.3, 0.4) is 0 Å². The van der Waals surface area contributed by atoms with Gasteiger partial charge in [0.1, 0.15) is 0 Å². The number of morpholine rings is 1. The first kappa shape index (κ1) is 11.5. The zero-order valence-corrected chi connectivity index (χ0v) is 10.3. The van der Waals surface area contributed by atoms with Crippen molar-refractivity contribution in [2.24, 2.45) is 5.92 Å². The average Bonchev–Trinajstić information content (AvgIpc) is 2.30. The fourth-order valence-electron chi connectivity index (χ4n) is 2.24. The van der Waals surface area contributed by atoms with Crippen LogP contribution in [-0.2, 0) is 11.2 Å². The van der Waals surface area contributed by atoms with E-state index < -0.39 is 0 Å². The van der Waals surface area contributed by atoms with Crippen LogP contribution < -0.4 is 4.90 Å². The lowest BCUT2D eigenvalue weighted by Gasteiger charge is -2.31. The molecule has 2 heteroatoms. The summed E-state index contributed by atoms with van der Waals surface area (Å²) in [7, 11) is 0. The van der Waals surface area contributed by atoms with Gasteiger partial charge in [-0.3, -0.25) is 0 Å². The van der Waals surface area contributed by atoms with Crippen molar-refractivity contribution in [1.82, 2.24) is 0 Å². The molecule has 1 aliphatic rings. The molecule has 0 atom stereocenters. The molecule has 0 saturated carbocycles. The number of benzene rings is 1. The second-order valence-electron chi connectivity index (χ2n) is 4.83. The number of hydrogen-bond acceptors (Lipinski definition) is 2. The molecule has 0 spiro atoms. The molecule has 2 nitrogen and oxygen atoms in total. The van der Waals surface area contributed by atoms with Crippen LogP contribution in [0.4, 0.5) is 5.69 Å². The molecule has 0 aromatic heterocycles. The zero-order chi connectivity index (χ0) is 11.4. The minimum atomic E-state index is 0.710. The van der Waals surface area contributed by atoms with Crippen LogP contribution in [0.25, 0.3) is 0 Å². The molecule has 1 heterocycles. The van der Waals surface area contributed by atoms with Gasteiger partial charge in [-0.25, -0.2) is 0 Å². The molecule has 88 valence electrons. The number of ether oxygens (including phenoxy) is 1. The normalized spacial score (nSPS) is 16.8. The Kier molecular flexibility index (Phi) is 3.83. The van der Waals surface area contributed by atoms with Crippen molar-refractivity contribution in [3.05, 3.63) is 29.8 Å². The number of hydrogen-bond donors (Lipinski definition) is 0. The summed E-state index contributed by atoms with van der Waals surface area (Å²) in [4.78, 5) is 2.45. The van der Waals surface area contributed by atoms with Gasteiger partial charge in [-0.15, -0.1) is 0 Å². The van der Waals surface area contributed by atoms with E-state index in [4.69, 9.17) is 4.74 Å². The lowest BCUT2D eigenvalue weighted by atomic mass is 10.0. The standard InChI is InChI=1S/C14H21NO/c1-12(2)11-13-5-3-4-6-14(13)15-7-9-16-10-8-15/h3-6,12H,7-11H2,1-2H3. The first-order valence-electron chi connectivity index (χ1n) is 6.18. The van der Waals surface area contributed by atoms with Gasteiger partial charge in [-0.05, 0) is 24.0 Å². The van der Waals surface area contributed by atoms with Crippen molar-refractivity contribution in [3.63, 3.8) is 0 Å². The van der Waals surface area contributed by atoms with Gasteiger partial charge in [0.05, 0.1) is 13.2 Å². The van der Waals surface area contributed by atoms with Gasteiger partial charge < -0.3 is 9.64 Å². The third kappa shape index (κ3) is 2.76. The van der Waals surface area contributed by atoms with Gasteiger partial charge in [0, 0.05) is 18.8 Å². The highest BCUT2D eigenvalue weighted by molar-refractivity contribution is 5.54. The molecule has 1 aliphatic heterocycles. The fourth-order valence-corrected chi connectivity index (χ4v) is 2.24. The molecular weight excluding hydrogens is 198 g/mol. The van der Waals surface area contributed by atoms with E-state index in [0.29, 0.717) is 5.92 Å².